The Hall–Kier alpha value is -1.66. The van der Waals surface area contributed by atoms with Crippen LogP contribution in [0.2, 0.25) is 0 Å². The molecule has 6 nitrogen and oxygen atoms in total. The molecule has 0 spiro atoms. The van der Waals surface area contributed by atoms with E-state index in [1.165, 1.54) is 0 Å². The van der Waals surface area contributed by atoms with Crippen molar-refractivity contribution in [3.63, 3.8) is 0 Å². The summed E-state index contributed by atoms with van der Waals surface area (Å²) in [5.74, 6) is 1.39. The van der Waals surface area contributed by atoms with E-state index in [0.717, 1.165) is 44.5 Å². The van der Waals surface area contributed by atoms with Crippen LogP contribution in [0.25, 0.3) is 0 Å². The second kappa shape index (κ2) is 9.47. The molecule has 1 aliphatic rings. The normalized spacial score (nSPS) is 18.0. The van der Waals surface area contributed by atoms with Crippen LogP contribution in [0.4, 0.5) is 0 Å². The van der Waals surface area contributed by atoms with Crippen molar-refractivity contribution in [2.75, 3.05) is 39.9 Å². The zero-order valence-electron chi connectivity index (χ0n) is 14.5. The number of ether oxygens (including phenoxy) is 1. The average Bonchev–Trinajstić information content (AvgIpc) is 2.59. The van der Waals surface area contributed by atoms with Gasteiger partial charge in [0.1, 0.15) is 0 Å². The van der Waals surface area contributed by atoms with Crippen LogP contribution in [0.15, 0.2) is 29.4 Å². The Balaban J connectivity index is 1.82. The molecular formula is C17H29N5O. The maximum atomic E-state index is 5.46. The molecule has 0 radical (unpaired) electrons. The summed E-state index contributed by atoms with van der Waals surface area (Å²) in [7, 11) is 1.80. The Labute approximate surface area is 139 Å². The molecule has 0 saturated carbocycles. The van der Waals surface area contributed by atoms with Gasteiger partial charge in [-0.25, -0.2) is 0 Å². The van der Waals surface area contributed by atoms with Gasteiger partial charge in [-0.1, -0.05) is 19.9 Å². The van der Waals surface area contributed by atoms with Crippen molar-refractivity contribution in [2.45, 2.75) is 26.4 Å². The van der Waals surface area contributed by atoms with Crippen LogP contribution in [-0.4, -0.2) is 61.8 Å². The molecule has 1 saturated heterocycles. The maximum absolute atomic E-state index is 5.46. The van der Waals surface area contributed by atoms with Gasteiger partial charge in [-0.15, -0.1) is 0 Å². The number of hydrogen-bond donors (Lipinski definition) is 2. The summed E-state index contributed by atoms with van der Waals surface area (Å²) in [6, 6.07) is 6.40. The van der Waals surface area contributed by atoms with Gasteiger partial charge in [-0.3, -0.25) is 14.9 Å². The van der Waals surface area contributed by atoms with E-state index in [1.807, 2.05) is 18.2 Å². The predicted octanol–water partition coefficient (Wildman–Crippen LogP) is 1.10. The summed E-state index contributed by atoms with van der Waals surface area (Å²) in [4.78, 5) is 11.1. The van der Waals surface area contributed by atoms with Crippen molar-refractivity contribution in [1.82, 2.24) is 20.5 Å². The lowest BCUT2D eigenvalue weighted by Crippen LogP contribution is -2.52. The van der Waals surface area contributed by atoms with E-state index in [1.54, 1.807) is 13.2 Å². The molecule has 23 heavy (non-hydrogen) atoms. The number of nitrogens with one attached hydrogen (secondary N) is 2. The van der Waals surface area contributed by atoms with E-state index in [4.69, 9.17) is 4.74 Å². The summed E-state index contributed by atoms with van der Waals surface area (Å²) >= 11 is 0. The Morgan fingerprint density at radius 2 is 2.09 bits per heavy atom. The van der Waals surface area contributed by atoms with E-state index < -0.39 is 0 Å². The zero-order valence-corrected chi connectivity index (χ0v) is 14.5. The standard InChI is InChI=1S/C17H29N5O/c1-14(2)16(22-8-10-23-11-9-22)13-21-17(18-3)20-12-15-6-4-5-7-19-15/h4-7,14,16H,8-13H2,1-3H3,(H2,18,20,21). The van der Waals surface area contributed by atoms with E-state index in [9.17, 15) is 0 Å². The van der Waals surface area contributed by atoms with Crippen LogP contribution in [0, 0.1) is 5.92 Å². The molecule has 1 atom stereocenters. The molecule has 6 heteroatoms. The first-order valence-electron chi connectivity index (χ1n) is 8.37. The molecule has 128 valence electrons. The van der Waals surface area contributed by atoms with Crippen LogP contribution in [0.1, 0.15) is 19.5 Å². The molecular weight excluding hydrogens is 290 g/mol. The van der Waals surface area contributed by atoms with Crippen LogP contribution < -0.4 is 10.6 Å². The van der Waals surface area contributed by atoms with Gasteiger partial charge in [0.25, 0.3) is 0 Å². The third-order valence-corrected chi connectivity index (χ3v) is 4.15. The van der Waals surface area contributed by atoms with E-state index in [0.29, 0.717) is 18.5 Å². The fourth-order valence-corrected chi connectivity index (χ4v) is 2.79. The van der Waals surface area contributed by atoms with Crippen molar-refractivity contribution in [3.8, 4) is 0 Å². The first-order valence-corrected chi connectivity index (χ1v) is 8.37. The minimum atomic E-state index is 0.479. The number of guanidine groups is 1. The Morgan fingerprint density at radius 3 is 2.70 bits per heavy atom. The molecule has 1 aliphatic heterocycles. The van der Waals surface area contributed by atoms with Crippen molar-refractivity contribution >= 4 is 5.96 Å². The minimum Gasteiger partial charge on any atom is -0.379 e. The smallest absolute Gasteiger partial charge is 0.191 e. The summed E-state index contributed by atoms with van der Waals surface area (Å²) < 4.78 is 5.46. The van der Waals surface area contributed by atoms with Gasteiger partial charge >= 0.3 is 0 Å². The second-order valence-electron chi connectivity index (χ2n) is 6.09. The van der Waals surface area contributed by atoms with Crippen LogP contribution >= 0.6 is 0 Å². The maximum Gasteiger partial charge on any atom is 0.191 e. The third-order valence-electron chi connectivity index (χ3n) is 4.15. The molecule has 1 aromatic heterocycles. The van der Waals surface area contributed by atoms with Gasteiger partial charge in [-0.2, -0.15) is 0 Å². The van der Waals surface area contributed by atoms with Crippen molar-refractivity contribution in [1.29, 1.82) is 0 Å². The van der Waals surface area contributed by atoms with Gasteiger partial charge in [0, 0.05) is 38.9 Å². The van der Waals surface area contributed by atoms with Crippen molar-refractivity contribution in [2.24, 2.45) is 10.9 Å². The van der Waals surface area contributed by atoms with Gasteiger partial charge in [-0.05, 0) is 18.1 Å². The Bertz CT molecular complexity index is 471. The van der Waals surface area contributed by atoms with Crippen LogP contribution in [0.3, 0.4) is 0 Å². The lowest BCUT2D eigenvalue weighted by molar-refractivity contribution is 0.00752. The lowest BCUT2D eigenvalue weighted by atomic mass is 10.0. The molecule has 2 rings (SSSR count). The third kappa shape index (κ3) is 5.80. The number of pyridine rings is 1. The highest BCUT2D eigenvalue weighted by Gasteiger charge is 2.23. The molecule has 0 aromatic carbocycles. The van der Waals surface area contributed by atoms with Crippen molar-refractivity contribution in [3.05, 3.63) is 30.1 Å². The van der Waals surface area contributed by atoms with Gasteiger partial charge in [0.15, 0.2) is 5.96 Å². The van der Waals surface area contributed by atoms with E-state index in [2.05, 4.69) is 39.4 Å². The van der Waals surface area contributed by atoms with E-state index in [-0.39, 0.29) is 0 Å². The minimum absolute atomic E-state index is 0.479. The summed E-state index contributed by atoms with van der Waals surface area (Å²) in [6.45, 7) is 9.75. The molecule has 0 aliphatic carbocycles. The number of rotatable bonds is 6. The second-order valence-corrected chi connectivity index (χ2v) is 6.09. The number of aromatic nitrogens is 1. The van der Waals surface area contributed by atoms with E-state index >= 15 is 0 Å². The molecule has 1 fully saturated rings. The summed E-state index contributed by atoms with van der Waals surface area (Å²) in [6.07, 6.45) is 1.81. The van der Waals surface area contributed by atoms with Gasteiger partial charge in [0.05, 0.1) is 25.5 Å². The number of hydrogen-bond acceptors (Lipinski definition) is 4. The van der Waals surface area contributed by atoms with Gasteiger partial charge < -0.3 is 15.4 Å². The molecule has 0 amide bonds. The average molecular weight is 319 g/mol. The quantitative estimate of drug-likeness (QED) is 0.607. The number of nitrogens with zero attached hydrogens (tertiary/aromatic N) is 3. The fraction of sp³-hybridized carbons (Fsp3) is 0.647. The predicted molar refractivity (Wildman–Crippen MR) is 93.5 cm³/mol. The first kappa shape index (κ1) is 17.7. The van der Waals surface area contributed by atoms with Crippen molar-refractivity contribution < 1.29 is 4.74 Å². The monoisotopic (exact) mass is 319 g/mol. The topological polar surface area (TPSA) is 61.8 Å². The van der Waals surface area contributed by atoms with Crippen LogP contribution in [-0.2, 0) is 11.3 Å². The lowest BCUT2D eigenvalue weighted by Gasteiger charge is -2.37. The number of morpholine rings is 1. The molecule has 1 aromatic rings. The molecule has 1 unspecified atom stereocenters. The summed E-state index contributed by atoms with van der Waals surface area (Å²) in [5, 5.41) is 6.76. The Morgan fingerprint density at radius 1 is 1.30 bits per heavy atom. The molecule has 0 bridgehead atoms. The number of aliphatic imine (C=N–C) groups is 1. The highest BCUT2D eigenvalue weighted by molar-refractivity contribution is 5.79. The Kier molecular flexibility index (Phi) is 7.29. The zero-order chi connectivity index (χ0) is 16.5. The van der Waals surface area contributed by atoms with Crippen LogP contribution in [0.5, 0.6) is 0 Å². The largest absolute Gasteiger partial charge is 0.379 e. The molecule has 2 N–H and O–H groups in total. The highest BCUT2D eigenvalue weighted by Crippen LogP contribution is 2.12. The first-order chi connectivity index (χ1) is 11.2. The highest BCUT2D eigenvalue weighted by atomic mass is 16.5. The fourth-order valence-electron chi connectivity index (χ4n) is 2.79. The molecule has 2 heterocycles. The van der Waals surface area contributed by atoms with Gasteiger partial charge in [0.2, 0.25) is 0 Å². The SMILES string of the molecule is CN=C(NCc1ccccn1)NCC(C(C)C)N1CCOCC1. The summed E-state index contributed by atoms with van der Waals surface area (Å²) in [5.41, 5.74) is 1.00.